The van der Waals surface area contributed by atoms with Crippen LogP contribution in [0.5, 0.6) is 5.75 Å². The van der Waals surface area contributed by atoms with Crippen molar-refractivity contribution < 1.29 is 18.7 Å². The van der Waals surface area contributed by atoms with Crippen molar-refractivity contribution >= 4 is 11.8 Å². The molecule has 2 aromatic rings. The van der Waals surface area contributed by atoms with E-state index in [0.29, 0.717) is 37.5 Å². The summed E-state index contributed by atoms with van der Waals surface area (Å²) in [6, 6.07) is 8.80. The van der Waals surface area contributed by atoms with Crippen LogP contribution >= 0.6 is 0 Å². The molecule has 25 heavy (non-hydrogen) atoms. The van der Waals surface area contributed by atoms with Crippen molar-refractivity contribution in [1.29, 1.82) is 0 Å². The molecule has 0 N–H and O–H groups in total. The molecule has 0 aliphatic carbocycles. The molecule has 6 heteroatoms. The lowest BCUT2D eigenvalue weighted by Gasteiger charge is -2.22. The highest BCUT2D eigenvalue weighted by Crippen LogP contribution is 2.20. The minimum Gasteiger partial charge on any atom is -0.496 e. The third kappa shape index (κ3) is 3.68. The molecule has 1 aromatic carbocycles. The molecule has 3 rings (SSSR count). The summed E-state index contributed by atoms with van der Waals surface area (Å²) in [6.45, 7) is 4.18. The van der Waals surface area contributed by atoms with Crippen LogP contribution in [0.2, 0.25) is 0 Å². The topological polar surface area (TPSA) is 63.0 Å². The van der Waals surface area contributed by atoms with Crippen LogP contribution in [0.25, 0.3) is 0 Å². The summed E-state index contributed by atoms with van der Waals surface area (Å²) >= 11 is 0. The van der Waals surface area contributed by atoms with E-state index in [1.165, 1.54) is 6.26 Å². The quantitative estimate of drug-likeness (QED) is 0.860. The minimum atomic E-state index is -0.125. The maximum absolute atomic E-state index is 12.8. The average Bonchev–Trinajstić information content (AvgIpc) is 3.05. The summed E-state index contributed by atoms with van der Waals surface area (Å²) in [5.74, 6) is 0.964. The summed E-state index contributed by atoms with van der Waals surface area (Å²) in [4.78, 5) is 28.7. The Hall–Kier alpha value is -2.76. The number of benzene rings is 1. The van der Waals surface area contributed by atoms with Gasteiger partial charge in [-0.15, -0.1) is 0 Å². The molecule has 0 bridgehead atoms. The van der Waals surface area contributed by atoms with Crippen LogP contribution in [0.15, 0.2) is 41.0 Å². The number of hydrogen-bond donors (Lipinski definition) is 0. The first-order valence-corrected chi connectivity index (χ1v) is 8.37. The second-order valence-electron chi connectivity index (χ2n) is 6.10. The molecular formula is C19H22N2O4. The van der Waals surface area contributed by atoms with Crippen LogP contribution in [0.3, 0.4) is 0 Å². The molecule has 0 spiro atoms. The Labute approximate surface area is 147 Å². The smallest absolute Gasteiger partial charge is 0.289 e. The normalized spacial score (nSPS) is 15.0. The first-order chi connectivity index (χ1) is 12.1. The Morgan fingerprint density at radius 3 is 2.36 bits per heavy atom. The Morgan fingerprint density at radius 1 is 1.04 bits per heavy atom. The lowest BCUT2D eigenvalue weighted by molar-refractivity contribution is 0.0700. The van der Waals surface area contributed by atoms with Crippen molar-refractivity contribution in [2.75, 3.05) is 33.3 Å². The fourth-order valence-corrected chi connectivity index (χ4v) is 3.07. The van der Waals surface area contributed by atoms with Gasteiger partial charge in [-0.05, 0) is 49.2 Å². The molecule has 0 atom stereocenters. The van der Waals surface area contributed by atoms with Gasteiger partial charge in [0.1, 0.15) is 5.75 Å². The van der Waals surface area contributed by atoms with E-state index in [9.17, 15) is 9.59 Å². The summed E-state index contributed by atoms with van der Waals surface area (Å²) in [5, 5.41) is 0. The predicted molar refractivity (Wildman–Crippen MR) is 92.9 cm³/mol. The third-order valence-electron chi connectivity index (χ3n) is 4.44. The second-order valence-corrected chi connectivity index (χ2v) is 6.10. The van der Waals surface area contributed by atoms with Crippen LogP contribution in [0.4, 0.5) is 0 Å². The minimum absolute atomic E-state index is 0.0157. The average molecular weight is 342 g/mol. The van der Waals surface area contributed by atoms with Gasteiger partial charge in [0.15, 0.2) is 5.76 Å². The zero-order valence-electron chi connectivity index (χ0n) is 14.5. The number of ether oxygens (including phenoxy) is 1. The zero-order valence-corrected chi connectivity index (χ0v) is 14.5. The molecule has 1 fully saturated rings. The lowest BCUT2D eigenvalue weighted by atomic mass is 10.1. The number of nitrogens with zero attached hydrogens (tertiary/aromatic N) is 2. The molecule has 1 saturated heterocycles. The van der Waals surface area contributed by atoms with E-state index in [0.717, 1.165) is 17.7 Å². The Bertz CT molecular complexity index is 755. The van der Waals surface area contributed by atoms with E-state index in [1.54, 1.807) is 35.1 Å². The predicted octanol–water partition coefficient (Wildman–Crippen LogP) is 2.58. The molecule has 2 heterocycles. The number of carbonyl (C=O) groups is 2. The summed E-state index contributed by atoms with van der Waals surface area (Å²) < 4.78 is 10.4. The van der Waals surface area contributed by atoms with Crippen molar-refractivity contribution in [1.82, 2.24) is 9.80 Å². The van der Waals surface area contributed by atoms with E-state index < -0.39 is 0 Å². The maximum atomic E-state index is 12.8. The molecule has 1 aliphatic heterocycles. The van der Waals surface area contributed by atoms with E-state index in [4.69, 9.17) is 9.15 Å². The van der Waals surface area contributed by atoms with Crippen molar-refractivity contribution in [2.24, 2.45) is 0 Å². The van der Waals surface area contributed by atoms with Gasteiger partial charge in [-0.3, -0.25) is 9.59 Å². The van der Waals surface area contributed by atoms with Gasteiger partial charge in [-0.2, -0.15) is 0 Å². The van der Waals surface area contributed by atoms with Gasteiger partial charge < -0.3 is 19.0 Å². The van der Waals surface area contributed by atoms with Gasteiger partial charge in [0.2, 0.25) is 0 Å². The summed E-state index contributed by atoms with van der Waals surface area (Å²) in [7, 11) is 1.61. The van der Waals surface area contributed by atoms with Gasteiger partial charge >= 0.3 is 0 Å². The van der Waals surface area contributed by atoms with E-state index in [2.05, 4.69) is 0 Å². The molecule has 1 aromatic heterocycles. The number of carbonyl (C=O) groups excluding carboxylic acids is 2. The first-order valence-electron chi connectivity index (χ1n) is 8.37. The van der Waals surface area contributed by atoms with Crippen molar-refractivity contribution in [3.8, 4) is 5.75 Å². The molecule has 2 amide bonds. The van der Waals surface area contributed by atoms with Crippen LogP contribution in [-0.2, 0) is 0 Å². The highest BCUT2D eigenvalue weighted by molar-refractivity contribution is 5.95. The fourth-order valence-electron chi connectivity index (χ4n) is 3.07. The van der Waals surface area contributed by atoms with Crippen LogP contribution in [0, 0.1) is 6.92 Å². The number of rotatable bonds is 3. The number of furan rings is 1. The zero-order chi connectivity index (χ0) is 17.8. The van der Waals surface area contributed by atoms with Crippen LogP contribution in [-0.4, -0.2) is 54.9 Å². The number of hydrogen-bond acceptors (Lipinski definition) is 4. The maximum Gasteiger partial charge on any atom is 0.289 e. The highest BCUT2D eigenvalue weighted by atomic mass is 16.5. The molecule has 0 unspecified atom stereocenters. The summed E-state index contributed by atoms with van der Waals surface area (Å²) in [5.41, 5.74) is 1.57. The highest BCUT2D eigenvalue weighted by Gasteiger charge is 2.24. The number of aryl methyl sites for hydroxylation is 1. The standard InChI is InChI=1S/C19H22N2O4/c1-14-13-15(6-7-16(14)24-2)18(22)20-8-4-9-21(11-10-20)19(23)17-5-3-12-25-17/h3,5-7,12-13H,4,8-11H2,1-2H3. The number of methoxy groups -OCH3 is 1. The fraction of sp³-hybridized carbons (Fsp3) is 0.368. The van der Waals surface area contributed by atoms with Gasteiger partial charge in [0.05, 0.1) is 13.4 Å². The SMILES string of the molecule is COc1ccc(C(=O)N2CCCN(C(=O)c3ccco3)CC2)cc1C. The van der Waals surface area contributed by atoms with Crippen LogP contribution in [0.1, 0.15) is 32.9 Å². The monoisotopic (exact) mass is 342 g/mol. The molecule has 0 radical (unpaired) electrons. The van der Waals surface area contributed by atoms with Crippen molar-refractivity contribution in [2.45, 2.75) is 13.3 Å². The van der Waals surface area contributed by atoms with Crippen LogP contribution < -0.4 is 4.74 Å². The van der Waals surface area contributed by atoms with Gasteiger partial charge in [-0.25, -0.2) is 0 Å². The molecule has 1 aliphatic rings. The lowest BCUT2D eigenvalue weighted by Crippen LogP contribution is -2.37. The Balaban J connectivity index is 1.67. The van der Waals surface area contributed by atoms with E-state index in [-0.39, 0.29) is 11.8 Å². The molecule has 6 nitrogen and oxygen atoms in total. The van der Waals surface area contributed by atoms with Crippen molar-refractivity contribution in [3.05, 3.63) is 53.5 Å². The molecule has 0 saturated carbocycles. The third-order valence-corrected chi connectivity index (χ3v) is 4.44. The van der Waals surface area contributed by atoms with Crippen molar-refractivity contribution in [3.63, 3.8) is 0 Å². The number of amides is 2. The molecular weight excluding hydrogens is 320 g/mol. The Kier molecular flexibility index (Phi) is 5.07. The Morgan fingerprint density at radius 2 is 1.76 bits per heavy atom. The summed E-state index contributed by atoms with van der Waals surface area (Å²) in [6.07, 6.45) is 2.24. The largest absolute Gasteiger partial charge is 0.496 e. The van der Waals surface area contributed by atoms with Gasteiger partial charge in [-0.1, -0.05) is 0 Å². The van der Waals surface area contributed by atoms with Gasteiger partial charge in [0, 0.05) is 31.7 Å². The molecule has 132 valence electrons. The first kappa shape index (κ1) is 17.1. The second kappa shape index (κ2) is 7.42. The van der Waals surface area contributed by atoms with Gasteiger partial charge in [0.25, 0.3) is 11.8 Å². The van der Waals surface area contributed by atoms with E-state index in [1.807, 2.05) is 19.1 Å². The van der Waals surface area contributed by atoms with E-state index >= 15 is 0 Å².